The Morgan fingerprint density at radius 3 is 2.43 bits per heavy atom. The predicted molar refractivity (Wildman–Crippen MR) is 114 cm³/mol. The second-order valence-electron chi connectivity index (χ2n) is 6.82. The lowest BCUT2D eigenvalue weighted by atomic mass is 9.98. The minimum atomic E-state index is -0.464. The molecule has 1 aliphatic rings. The molecule has 1 aromatic heterocycles. The molecule has 30 heavy (non-hydrogen) atoms. The Hall–Kier alpha value is -4.09. The molecule has 0 bridgehead atoms. The molecule has 146 valence electrons. The van der Waals surface area contributed by atoms with Gasteiger partial charge in [-0.2, -0.15) is 5.26 Å². The highest BCUT2D eigenvalue weighted by Gasteiger charge is 2.28. The highest BCUT2D eigenvalue weighted by Crippen LogP contribution is 2.44. The summed E-state index contributed by atoms with van der Waals surface area (Å²) in [6.45, 7) is 0.642. The van der Waals surface area contributed by atoms with Crippen LogP contribution in [0.5, 0.6) is 0 Å². The van der Waals surface area contributed by atoms with Crippen molar-refractivity contribution >= 4 is 6.09 Å². The lowest BCUT2D eigenvalue weighted by molar-refractivity contribution is 0.143. The minimum absolute atomic E-state index is 0.0384. The number of nitriles is 1. The van der Waals surface area contributed by atoms with Crippen molar-refractivity contribution in [3.8, 4) is 29.0 Å². The van der Waals surface area contributed by atoms with Crippen molar-refractivity contribution in [1.82, 2.24) is 10.3 Å². The van der Waals surface area contributed by atoms with E-state index in [9.17, 15) is 4.79 Å². The molecule has 0 unspecified atom stereocenters. The molecule has 5 heteroatoms. The monoisotopic (exact) mass is 393 g/mol. The van der Waals surface area contributed by atoms with Gasteiger partial charge in [0.15, 0.2) is 0 Å². The standard InChI is InChI=1S/C25H19N3O2/c26-16-18-8-7-15-27-24(18)13-5-6-14-28-25(29)30-17-23-21-11-3-1-9-19(21)20-10-2-4-12-22(20)23/h1-4,7-12,15,23H,6,14,17H2,(H,28,29). The number of benzene rings is 2. The summed E-state index contributed by atoms with van der Waals surface area (Å²) in [7, 11) is 0. The summed E-state index contributed by atoms with van der Waals surface area (Å²) in [5.74, 6) is 5.82. The summed E-state index contributed by atoms with van der Waals surface area (Å²) >= 11 is 0. The topological polar surface area (TPSA) is 75.0 Å². The lowest BCUT2D eigenvalue weighted by Gasteiger charge is -2.14. The average molecular weight is 393 g/mol. The Morgan fingerprint density at radius 2 is 1.73 bits per heavy atom. The van der Waals surface area contributed by atoms with Gasteiger partial charge in [0.25, 0.3) is 0 Å². The van der Waals surface area contributed by atoms with Gasteiger partial charge in [-0.05, 0) is 40.3 Å². The number of aromatic nitrogens is 1. The Kier molecular flexibility index (Phi) is 5.73. The highest BCUT2D eigenvalue weighted by atomic mass is 16.5. The summed E-state index contributed by atoms with van der Waals surface area (Å²) in [6.07, 6.45) is 1.57. The van der Waals surface area contributed by atoms with Gasteiger partial charge in [0.2, 0.25) is 0 Å². The molecule has 0 saturated carbocycles. The maximum atomic E-state index is 12.1. The number of nitrogens with one attached hydrogen (secondary N) is 1. The zero-order chi connectivity index (χ0) is 20.8. The third-order valence-corrected chi connectivity index (χ3v) is 5.00. The number of hydrogen-bond acceptors (Lipinski definition) is 4. The van der Waals surface area contributed by atoms with E-state index >= 15 is 0 Å². The first-order valence-electron chi connectivity index (χ1n) is 9.71. The molecule has 2 aromatic carbocycles. The highest BCUT2D eigenvalue weighted by molar-refractivity contribution is 5.79. The number of ether oxygens (including phenoxy) is 1. The predicted octanol–water partition coefficient (Wildman–Crippen LogP) is 4.23. The zero-order valence-electron chi connectivity index (χ0n) is 16.3. The van der Waals surface area contributed by atoms with Crippen LogP contribution in [0.4, 0.5) is 4.79 Å². The van der Waals surface area contributed by atoms with Crippen LogP contribution in [0.1, 0.15) is 34.7 Å². The number of carbonyl (C=O) groups excluding carboxylic acids is 1. The first-order chi connectivity index (χ1) is 14.8. The number of hydrogen-bond donors (Lipinski definition) is 1. The molecule has 1 amide bonds. The second kappa shape index (κ2) is 8.94. The van der Waals surface area contributed by atoms with E-state index in [1.165, 1.54) is 22.3 Å². The molecule has 5 nitrogen and oxygen atoms in total. The number of amides is 1. The van der Waals surface area contributed by atoms with Gasteiger partial charge in [-0.25, -0.2) is 9.78 Å². The third-order valence-electron chi connectivity index (χ3n) is 5.00. The number of alkyl carbamates (subject to hydrolysis) is 1. The number of pyridine rings is 1. The smallest absolute Gasteiger partial charge is 0.407 e. The van der Waals surface area contributed by atoms with Crippen LogP contribution in [-0.4, -0.2) is 24.2 Å². The maximum absolute atomic E-state index is 12.1. The molecule has 4 rings (SSSR count). The first kappa shape index (κ1) is 19.2. The van der Waals surface area contributed by atoms with E-state index in [4.69, 9.17) is 10.00 Å². The van der Waals surface area contributed by atoms with Gasteiger partial charge in [-0.1, -0.05) is 54.5 Å². The summed E-state index contributed by atoms with van der Waals surface area (Å²) in [6, 6.07) is 21.9. The van der Waals surface area contributed by atoms with Crippen molar-refractivity contribution in [3.63, 3.8) is 0 Å². The third kappa shape index (κ3) is 4.01. The van der Waals surface area contributed by atoms with Crippen LogP contribution in [-0.2, 0) is 4.74 Å². The number of rotatable bonds is 4. The van der Waals surface area contributed by atoms with E-state index in [0.717, 1.165) is 0 Å². The van der Waals surface area contributed by atoms with E-state index in [0.29, 0.717) is 24.2 Å². The molecular weight excluding hydrogens is 374 g/mol. The van der Waals surface area contributed by atoms with Gasteiger partial charge in [0, 0.05) is 25.1 Å². The molecule has 0 aliphatic heterocycles. The van der Waals surface area contributed by atoms with Gasteiger partial charge in [-0.15, -0.1) is 0 Å². The van der Waals surface area contributed by atoms with Crippen LogP contribution in [0.15, 0.2) is 66.9 Å². The molecule has 0 spiro atoms. The number of fused-ring (bicyclic) bond motifs is 3. The van der Waals surface area contributed by atoms with Gasteiger partial charge in [0.1, 0.15) is 18.4 Å². The largest absolute Gasteiger partial charge is 0.449 e. The fourth-order valence-electron chi connectivity index (χ4n) is 3.62. The van der Waals surface area contributed by atoms with Crippen molar-refractivity contribution < 1.29 is 9.53 Å². The van der Waals surface area contributed by atoms with Gasteiger partial charge in [-0.3, -0.25) is 0 Å². The lowest BCUT2D eigenvalue weighted by Crippen LogP contribution is -2.26. The van der Waals surface area contributed by atoms with Crippen molar-refractivity contribution in [1.29, 1.82) is 5.26 Å². The fraction of sp³-hybridized carbons (Fsp3) is 0.160. The quantitative estimate of drug-likeness (QED) is 0.532. The molecule has 0 saturated heterocycles. The van der Waals surface area contributed by atoms with Crippen LogP contribution >= 0.6 is 0 Å². The summed E-state index contributed by atoms with van der Waals surface area (Å²) < 4.78 is 5.49. The molecule has 0 atom stereocenters. The maximum Gasteiger partial charge on any atom is 0.407 e. The van der Waals surface area contributed by atoms with Crippen LogP contribution in [0.25, 0.3) is 11.1 Å². The van der Waals surface area contributed by atoms with Gasteiger partial charge >= 0.3 is 6.09 Å². The van der Waals surface area contributed by atoms with Crippen LogP contribution < -0.4 is 5.32 Å². The van der Waals surface area contributed by atoms with Crippen LogP contribution in [0.3, 0.4) is 0 Å². The Morgan fingerprint density at radius 1 is 1.03 bits per heavy atom. The van der Waals surface area contributed by atoms with E-state index in [1.807, 2.05) is 24.3 Å². The number of carbonyl (C=O) groups is 1. The first-order valence-corrected chi connectivity index (χ1v) is 9.71. The molecule has 0 fully saturated rings. The fourth-order valence-corrected chi connectivity index (χ4v) is 3.62. The van der Waals surface area contributed by atoms with E-state index < -0.39 is 6.09 Å². The molecule has 1 aliphatic carbocycles. The molecule has 3 aromatic rings. The summed E-state index contributed by atoms with van der Waals surface area (Å²) in [5.41, 5.74) is 5.64. The molecule has 1 heterocycles. The van der Waals surface area contributed by atoms with Crippen molar-refractivity contribution in [2.45, 2.75) is 12.3 Å². The summed E-state index contributed by atoms with van der Waals surface area (Å²) in [5, 5.41) is 11.8. The van der Waals surface area contributed by atoms with Crippen LogP contribution in [0, 0.1) is 23.2 Å². The van der Waals surface area contributed by atoms with Crippen LogP contribution in [0.2, 0.25) is 0 Å². The minimum Gasteiger partial charge on any atom is -0.449 e. The Labute approximate surface area is 175 Å². The molecule has 1 N–H and O–H groups in total. The van der Waals surface area contributed by atoms with Crippen molar-refractivity contribution in [2.24, 2.45) is 0 Å². The zero-order valence-corrected chi connectivity index (χ0v) is 16.3. The Balaban J connectivity index is 1.30. The number of nitrogens with zero attached hydrogens (tertiary/aromatic N) is 2. The van der Waals surface area contributed by atoms with Gasteiger partial charge < -0.3 is 10.1 Å². The molecular formula is C25H19N3O2. The summed E-state index contributed by atoms with van der Waals surface area (Å²) in [4.78, 5) is 16.2. The average Bonchev–Trinajstić information content (AvgIpc) is 3.11. The normalized spacial score (nSPS) is 11.4. The van der Waals surface area contributed by atoms with Gasteiger partial charge in [0.05, 0.1) is 5.56 Å². The molecule has 0 radical (unpaired) electrons. The van der Waals surface area contributed by atoms with E-state index in [2.05, 4.69) is 52.5 Å². The van der Waals surface area contributed by atoms with Crippen molar-refractivity contribution in [2.75, 3.05) is 13.2 Å². The van der Waals surface area contributed by atoms with E-state index in [-0.39, 0.29) is 12.5 Å². The Bertz CT molecular complexity index is 1140. The second-order valence-corrected chi connectivity index (χ2v) is 6.82. The SMILES string of the molecule is N#Cc1cccnc1C#CCCNC(=O)OCC1c2ccccc2-c2ccccc21. The van der Waals surface area contributed by atoms with Crippen molar-refractivity contribution in [3.05, 3.63) is 89.2 Å². The van der Waals surface area contributed by atoms with E-state index in [1.54, 1.807) is 18.3 Å².